The molecule has 6 heteroatoms. The lowest BCUT2D eigenvalue weighted by Gasteiger charge is -2.44. The maximum Gasteiger partial charge on any atom is 0.0889 e. The first kappa shape index (κ1) is 22.9. The zero-order chi connectivity index (χ0) is 21.7. The summed E-state index contributed by atoms with van der Waals surface area (Å²) in [5.41, 5.74) is 0.445. The molecular formula is C24H46N4O2. The second-order valence-corrected chi connectivity index (χ2v) is 11.2. The Hall–Kier alpha value is -0.240. The second-order valence-electron chi connectivity index (χ2n) is 11.2. The van der Waals surface area contributed by atoms with Gasteiger partial charge in [-0.1, -0.05) is 0 Å². The number of rotatable bonds is 8. The molecule has 0 bridgehead atoms. The van der Waals surface area contributed by atoms with Crippen LogP contribution in [-0.2, 0) is 9.47 Å². The third kappa shape index (κ3) is 4.08. The summed E-state index contributed by atoms with van der Waals surface area (Å²) in [6, 6.07) is 1.20. The van der Waals surface area contributed by atoms with Gasteiger partial charge in [0, 0.05) is 50.3 Å². The highest BCUT2D eigenvalue weighted by Crippen LogP contribution is 2.54. The van der Waals surface area contributed by atoms with Crippen LogP contribution in [0.5, 0.6) is 0 Å². The molecule has 0 radical (unpaired) electrons. The van der Waals surface area contributed by atoms with E-state index >= 15 is 0 Å². The van der Waals surface area contributed by atoms with Gasteiger partial charge in [0.05, 0.1) is 31.0 Å². The van der Waals surface area contributed by atoms with E-state index < -0.39 is 0 Å². The lowest BCUT2D eigenvalue weighted by atomic mass is 10.00. The highest BCUT2D eigenvalue weighted by Gasteiger charge is 2.64. The summed E-state index contributed by atoms with van der Waals surface area (Å²) < 4.78 is 12.7. The molecule has 0 aromatic rings. The number of hydrogen-bond acceptors (Lipinski definition) is 6. The molecule has 174 valence electrons. The van der Waals surface area contributed by atoms with Gasteiger partial charge in [0.2, 0.25) is 0 Å². The maximum absolute atomic E-state index is 6.38. The largest absolute Gasteiger partial charge is 0.374 e. The van der Waals surface area contributed by atoms with Gasteiger partial charge in [0.25, 0.3) is 0 Å². The second kappa shape index (κ2) is 8.60. The monoisotopic (exact) mass is 422 g/mol. The maximum atomic E-state index is 6.38. The fourth-order valence-electron chi connectivity index (χ4n) is 6.28. The molecule has 6 nitrogen and oxygen atoms in total. The lowest BCUT2D eigenvalue weighted by Crippen LogP contribution is -2.58. The van der Waals surface area contributed by atoms with Crippen molar-refractivity contribution in [1.29, 1.82) is 0 Å². The van der Waals surface area contributed by atoms with E-state index in [4.69, 9.17) is 9.47 Å². The molecule has 2 saturated heterocycles. The first-order valence-corrected chi connectivity index (χ1v) is 12.3. The summed E-state index contributed by atoms with van der Waals surface area (Å²) in [6.45, 7) is 16.4. The Morgan fingerprint density at radius 3 is 1.90 bits per heavy atom. The van der Waals surface area contributed by atoms with Crippen molar-refractivity contribution < 1.29 is 9.47 Å². The molecule has 4 atom stereocenters. The van der Waals surface area contributed by atoms with Crippen LogP contribution in [-0.4, -0.2) is 122 Å². The predicted octanol–water partition coefficient (Wildman–Crippen LogP) is 1.99. The molecule has 2 aliphatic carbocycles. The first-order chi connectivity index (χ1) is 14.2. The van der Waals surface area contributed by atoms with Gasteiger partial charge in [-0.15, -0.1) is 0 Å². The van der Waals surface area contributed by atoms with E-state index in [1.807, 2.05) is 0 Å². The highest BCUT2D eigenvalue weighted by atomic mass is 16.5. The Labute approximate surface area is 184 Å². The molecule has 4 fully saturated rings. The van der Waals surface area contributed by atoms with Crippen LogP contribution in [0.3, 0.4) is 0 Å². The molecule has 0 N–H and O–H groups in total. The van der Waals surface area contributed by atoms with E-state index in [1.54, 1.807) is 0 Å². The van der Waals surface area contributed by atoms with Crippen molar-refractivity contribution in [3.05, 3.63) is 0 Å². The van der Waals surface area contributed by atoms with E-state index in [2.05, 4.69) is 68.4 Å². The van der Waals surface area contributed by atoms with Gasteiger partial charge in [-0.2, -0.15) is 0 Å². The summed E-state index contributed by atoms with van der Waals surface area (Å²) in [5, 5.41) is 0. The molecule has 0 spiro atoms. The fourth-order valence-corrected chi connectivity index (χ4v) is 6.28. The van der Waals surface area contributed by atoms with Gasteiger partial charge in [0.15, 0.2) is 0 Å². The Morgan fingerprint density at radius 2 is 1.40 bits per heavy atom. The van der Waals surface area contributed by atoms with Crippen LogP contribution in [0.4, 0.5) is 0 Å². The third-order valence-corrected chi connectivity index (χ3v) is 8.78. The first-order valence-electron chi connectivity index (χ1n) is 12.3. The third-order valence-electron chi connectivity index (χ3n) is 8.78. The van der Waals surface area contributed by atoms with Crippen molar-refractivity contribution in [2.75, 3.05) is 67.1 Å². The smallest absolute Gasteiger partial charge is 0.0889 e. The van der Waals surface area contributed by atoms with Gasteiger partial charge < -0.3 is 14.4 Å². The number of ether oxygens (including phenoxy) is 2. The van der Waals surface area contributed by atoms with Gasteiger partial charge in [-0.05, 0) is 74.0 Å². The quantitative estimate of drug-likeness (QED) is 0.595. The molecule has 0 aromatic carbocycles. The van der Waals surface area contributed by atoms with Crippen LogP contribution in [0, 0.1) is 5.92 Å². The van der Waals surface area contributed by atoms with E-state index in [0.29, 0.717) is 30.2 Å². The topological polar surface area (TPSA) is 31.4 Å². The number of likely N-dealkylation sites (N-methyl/N-ethyl adjacent to an activating group) is 2. The van der Waals surface area contributed by atoms with Crippen LogP contribution >= 0.6 is 0 Å². The van der Waals surface area contributed by atoms with Crippen LogP contribution < -0.4 is 0 Å². The normalized spacial score (nSPS) is 37.5. The SMILES string of the molecule is CC(C)N1CCOC(C2(N(C)CC3CC3([C@@H]3CN(C(C)C)CCO3)N(C)C)CC2)C1. The van der Waals surface area contributed by atoms with E-state index in [9.17, 15) is 0 Å². The van der Waals surface area contributed by atoms with E-state index in [1.165, 1.54) is 19.3 Å². The average Bonchev–Trinajstić information content (AvgIpc) is 3.63. The zero-order valence-electron chi connectivity index (χ0n) is 20.6. The number of nitrogens with zero attached hydrogens (tertiary/aromatic N) is 4. The van der Waals surface area contributed by atoms with Crippen LogP contribution in [0.2, 0.25) is 0 Å². The van der Waals surface area contributed by atoms with Crippen LogP contribution in [0.25, 0.3) is 0 Å². The van der Waals surface area contributed by atoms with Crippen molar-refractivity contribution in [1.82, 2.24) is 19.6 Å². The van der Waals surface area contributed by atoms with Gasteiger partial charge >= 0.3 is 0 Å². The highest BCUT2D eigenvalue weighted by molar-refractivity contribution is 5.19. The van der Waals surface area contributed by atoms with Gasteiger partial charge in [-0.25, -0.2) is 0 Å². The fraction of sp³-hybridized carbons (Fsp3) is 1.00. The average molecular weight is 423 g/mol. The molecule has 3 unspecified atom stereocenters. The molecule has 2 heterocycles. The Kier molecular flexibility index (Phi) is 6.58. The molecule has 4 aliphatic rings. The van der Waals surface area contributed by atoms with Crippen LogP contribution in [0.15, 0.2) is 0 Å². The standard InChI is InChI=1S/C24H46N4O2/c1-18(2)27-10-12-29-21(16-27)23(8-9-23)26(7)15-20-14-24(20,25(5)6)22-17-28(19(3)4)11-13-30-22/h18-22H,8-17H2,1-7H3/t20?,21?,22-,24?/m0/s1. The minimum absolute atomic E-state index is 0.190. The molecule has 4 rings (SSSR count). The Morgan fingerprint density at radius 1 is 0.867 bits per heavy atom. The molecule has 30 heavy (non-hydrogen) atoms. The molecular weight excluding hydrogens is 376 g/mol. The van der Waals surface area contributed by atoms with Crippen molar-refractivity contribution >= 4 is 0 Å². The van der Waals surface area contributed by atoms with Crippen molar-refractivity contribution in [3.8, 4) is 0 Å². The minimum Gasteiger partial charge on any atom is -0.374 e. The summed E-state index contributed by atoms with van der Waals surface area (Å²) >= 11 is 0. The molecule has 0 aromatic heterocycles. The summed E-state index contributed by atoms with van der Waals surface area (Å²) in [6.07, 6.45) is 4.49. The van der Waals surface area contributed by atoms with Crippen molar-refractivity contribution in [3.63, 3.8) is 0 Å². The lowest BCUT2D eigenvalue weighted by molar-refractivity contribution is -0.0932. The van der Waals surface area contributed by atoms with Crippen molar-refractivity contribution in [2.45, 2.75) is 82.3 Å². The Bertz CT molecular complexity index is 594. The molecule has 2 saturated carbocycles. The minimum atomic E-state index is 0.190. The molecule has 0 amide bonds. The summed E-state index contributed by atoms with van der Waals surface area (Å²) in [7, 11) is 6.87. The number of morpholine rings is 2. The number of hydrogen-bond donors (Lipinski definition) is 0. The summed E-state index contributed by atoms with van der Waals surface area (Å²) in [4.78, 5) is 10.3. The summed E-state index contributed by atoms with van der Waals surface area (Å²) in [5.74, 6) is 0.678. The predicted molar refractivity (Wildman–Crippen MR) is 122 cm³/mol. The zero-order valence-corrected chi connectivity index (χ0v) is 20.6. The van der Waals surface area contributed by atoms with Crippen LogP contribution in [0.1, 0.15) is 47.0 Å². The molecule has 2 aliphatic heterocycles. The van der Waals surface area contributed by atoms with E-state index in [0.717, 1.165) is 45.9 Å². The van der Waals surface area contributed by atoms with Crippen molar-refractivity contribution in [2.24, 2.45) is 5.92 Å². The van der Waals surface area contributed by atoms with Gasteiger partial charge in [0.1, 0.15) is 0 Å². The van der Waals surface area contributed by atoms with E-state index in [-0.39, 0.29) is 11.1 Å². The Balaban J connectivity index is 1.40. The van der Waals surface area contributed by atoms with Gasteiger partial charge in [-0.3, -0.25) is 14.7 Å².